The second-order valence-corrected chi connectivity index (χ2v) is 5.01. The van der Waals surface area contributed by atoms with Crippen molar-refractivity contribution in [3.8, 4) is 0 Å². The van der Waals surface area contributed by atoms with E-state index in [-0.39, 0.29) is 11.8 Å². The van der Waals surface area contributed by atoms with E-state index >= 15 is 0 Å². The summed E-state index contributed by atoms with van der Waals surface area (Å²) in [6.45, 7) is 0. The normalized spacial score (nSPS) is 23.6. The third-order valence-corrected chi connectivity index (χ3v) is 3.69. The minimum absolute atomic E-state index is 0.103. The van der Waals surface area contributed by atoms with Gasteiger partial charge < -0.3 is 10.4 Å². The molecule has 4 nitrogen and oxygen atoms in total. The zero-order chi connectivity index (χ0) is 12.3. The van der Waals surface area contributed by atoms with Crippen LogP contribution in [-0.4, -0.2) is 28.4 Å². The van der Waals surface area contributed by atoms with Gasteiger partial charge in [-0.3, -0.25) is 4.79 Å². The summed E-state index contributed by atoms with van der Waals surface area (Å²) >= 11 is 1.56. The topological polar surface area (TPSA) is 62.2 Å². The van der Waals surface area contributed by atoms with Gasteiger partial charge in [-0.1, -0.05) is 0 Å². The number of nitrogens with zero attached hydrogens (tertiary/aromatic N) is 1. The van der Waals surface area contributed by atoms with E-state index in [2.05, 4.69) is 10.3 Å². The first-order valence-electron chi connectivity index (χ1n) is 5.69. The average Bonchev–Trinajstić information content (AvgIpc) is 2.76. The molecule has 1 aliphatic rings. The minimum atomic E-state index is -0.492. The number of thioether (sulfide) groups is 1. The Balaban J connectivity index is 1.97. The molecule has 17 heavy (non-hydrogen) atoms. The summed E-state index contributed by atoms with van der Waals surface area (Å²) in [6, 6.07) is 3.70. The average molecular weight is 252 g/mol. The molecule has 2 atom stereocenters. The van der Waals surface area contributed by atoms with Gasteiger partial charge in [-0.15, -0.1) is 11.8 Å². The first kappa shape index (κ1) is 12.4. The maximum absolute atomic E-state index is 11.9. The fourth-order valence-electron chi connectivity index (χ4n) is 2.06. The summed E-state index contributed by atoms with van der Waals surface area (Å²) in [4.78, 5) is 16.1. The molecule has 1 fully saturated rings. The Morgan fingerprint density at radius 2 is 2.35 bits per heavy atom. The fourth-order valence-corrected chi connectivity index (χ4v) is 2.42. The molecule has 0 aliphatic heterocycles. The van der Waals surface area contributed by atoms with Crippen LogP contribution >= 0.6 is 11.8 Å². The molecule has 0 bridgehead atoms. The number of carbonyl (C=O) groups excluding carboxylic acids is 1. The van der Waals surface area contributed by atoms with Gasteiger partial charge in [0.05, 0.1) is 28.9 Å². The highest BCUT2D eigenvalue weighted by molar-refractivity contribution is 7.98. The van der Waals surface area contributed by atoms with Gasteiger partial charge >= 0.3 is 0 Å². The lowest BCUT2D eigenvalue weighted by Gasteiger charge is -2.14. The molecule has 1 aromatic rings. The highest BCUT2D eigenvalue weighted by Gasteiger charge is 2.31. The molecule has 0 saturated heterocycles. The molecule has 0 aromatic carbocycles. The summed E-state index contributed by atoms with van der Waals surface area (Å²) in [5.74, 6) is -0.371. The Morgan fingerprint density at radius 1 is 1.53 bits per heavy atom. The highest BCUT2D eigenvalue weighted by atomic mass is 32.2. The van der Waals surface area contributed by atoms with Gasteiger partial charge in [-0.05, 0) is 37.7 Å². The van der Waals surface area contributed by atoms with Crippen LogP contribution in [0, 0.1) is 5.92 Å². The van der Waals surface area contributed by atoms with Crippen molar-refractivity contribution in [1.82, 2.24) is 4.98 Å². The van der Waals surface area contributed by atoms with Gasteiger partial charge in [0.1, 0.15) is 0 Å². The van der Waals surface area contributed by atoms with Crippen LogP contribution in [0.5, 0.6) is 0 Å². The zero-order valence-corrected chi connectivity index (χ0v) is 10.5. The first-order valence-corrected chi connectivity index (χ1v) is 6.92. The monoisotopic (exact) mass is 252 g/mol. The quantitative estimate of drug-likeness (QED) is 0.807. The van der Waals surface area contributed by atoms with Crippen molar-refractivity contribution in [1.29, 1.82) is 0 Å². The molecular weight excluding hydrogens is 236 g/mol. The van der Waals surface area contributed by atoms with E-state index in [0.29, 0.717) is 5.69 Å². The van der Waals surface area contributed by atoms with Gasteiger partial charge in [0.15, 0.2) is 0 Å². The number of aromatic nitrogens is 1. The van der Waals surface area contributed by atoms with E-state index in [4.69, 9.17) is 0 Å². The smallest absolute Gasteiger partial charge is 0.230 e. The molecule has 1 aliphatic carbocycles. The number of aliphatic hydroxyl groups is 1. The van der Waals surface area contributed by atoms with Crippen molar-refractivity contribution < 1.29 is 9.90 Å². The summed E-state index contributed by atoms with van der Waals surface area (Å²) in [5, 5.41) is 13.4. The van der Waals surface area contributed by atoms with Crippen LogP contribution in [0.15, 0.2) is 23.4 Å². The molecule has 2 unspecified atom stereocenters. The maximum Gasteiger partial charge on any atom is 0.230 e. The lowest BCUT2D eigenvalue weighted by Crippen LogP contribution is -2.28. The number of pyridine rings is 1. The predicted molar refractivity (Wildman–Crippen MR) is 68.0 cm³/mol. The summed E-state index contributed by atoms with van der Waals surface area (Å²) < 4.78 is 0. The number of rotatable bonds is 3. The van der Waals surface area contributed by atoms with Crippen molar-refractivity contribution in [3.63, 3.8) is 0 Å². The highest BCUT2D eigenvalue weighted by Crippen LogP contribution is 2.26. The number of carbonyl (C=O) groups is 1. The van der Waals surface area contributed by atoms with Crippen molar-refractivity contribution >= 4 is 23.4 Å². The standard InChI is InChI=1S/C12H16N2O2S/c1-17-11-6-5-8(7-13-11)14-12(16)9-3-2-4-10(9)15/h5-7,9-10,15H,2-4H2,1H3,(H,14,16). The molecule has 1 saturated carbocycles. The third kappa shape index (κ3) is 2.98. The molecule has 1 heterocycles. The predicted octanol–water partition coefficient (Wildman–Crippen LogP) is 1.90. The summed E-state index contributed by atoms with van der Waals surface area (Å²) in [5.41, 5.74) is 0.687. The maximum atomic E-state index is 11.9. The Hall–Kier alpha value is -1.07. The molecule has 5 heteroatoms. The summed E-state index contributed by atoms with van der Waals surface area (Å²) in [7, 11) is 0. The van der Waals surface area contributed by atoms with Crippen LogP contribution in [0.25, 0.3) is 0 Å². The zero-order valence-electron chi connectivity index (χ0n) is 9.72. The van der Waals surface area contributed by atoms with E-state index in [1.54, 1.807) is 18.0 Å². The summed E-state index contributed by atoms with van der Waals surface area (Å²) in [6.07, 6.45) is 5.52. The van der Waals surface area contributed by atoms with E-state index in [9.17, 15) is 9.90 Å². The molecule has 1 amide bonds. The Bertz CT molecular complexity index is 394. The van der Waals surface area contributed by atoms with Crippen molar-refractivity contribution in [3.05, 3.63) is 18.3 Å². The fraction of sp³-hybridized carbons (Fsp3) is 0.500. The van der Waals surface area contributed by atoms with Crippen LogP contribution in [0.2, 0.25) is 0 Å². The second kappa shape index (κ2) is 5.51. The van der Waals surface area contributed by atoms with E-state index in [1.165, 1.54) is 0 Å². The van der Waals surface area contributed by atoms with Crippen molar-refractivity contribution in [2.45, 2.75) is 30.4 Å². The molecular formula is C12H16N2O2S. The molecule has 2 rings (SSSR count). The SMILES string of the molecule is CSc1ccc(NC(=O)C2CCCC2O)cn1. The number of nitrogens with one attached hydrogen (secondary N) is 1. The van der Waals surface area contributed by atoms with Crippen LogP contribution in [0.4, 0.5) is 5.69 Å². The Labute approximate surface area is 105 Å². The Kier molecular flexibility index (Phi) is 4.02. The van der Waals surface area contributed by atoms with E-state index in [1.807, 2.05) is 18.4 Å². The number of hydrogen-bond acceptors (Lipinski definition) is 4. The van der Waals surface area contributed by atoms with Gasteiger partial charge in [0.25, 0.3) is 0 Å². The van der Waals surface area contributed by atoms with Gasteiger partial charge in [0, 0.05) is 0 Å². The molecule has 1 aromatic heterocycles. The lowest BCUT2D eigenvalue weighted by atomic mass is 10.1. The third-order valence-electron chi connectivity index (χ3n) is 3.03. The van der Waals surface area contributed by atoms with Crippen LogP contribution in [0.3, 0.4) is 0 Å². The van der Waals surface area contributed by atoms with Crippen LogP contribution < -0.4 is 5.32 Å². The molecule has 0 radical (unpaired) electrons. The minimum Gasteiger partial charge on any atom is -0.392 e. The van der Waals surface area contributed by atoms with Crippen molar-refractivity contribution in [2.24, 2.45) is 5.92 Å². The van der Waals surface area contributed by atoms with Gasteiger partial charge in [0.2, 0.25) is 5.91 Å². The van der Waals surface area contributed by atoms with Gasteiger partial charge in [-0.25, -0.2) is 4.98 Å². The first-order chi connectivity index (χ1) is 8.20. The molecule has 0 spiro atoms. The van der Waals surface area contributed by atoms with Crippen LogP contribution in [-0.2, 0) is 4.79 Å². The van der Waals surface area contributed by atoms with E-state index < -0.39 is 6.10 Å². The number of anilines is 1. The van der Waals surface area contributed by atoms with Crippen LogP contribution in [0.1, 0.15) is 19.3 Å². The van der Waals surface area contributed by atoms with E-state index in [0.717, 1.165) is 24.3 Å². The number of hydrogen-bond donors (Lipinski definition) is 2. The number of aliphatic hydroxyl groups excluding tert-OH is 1. The largest absolute Gasteiger partial charge is 0.392 e. The van der Waals surface area contributed by atoms with Gasteiger partial charge in [-0.2, -0.15) is 0 Å². The molecule has 92 valence electrons. The van der Waals surface area contributed by atoms with Crippen molar-refractivity contribution in [2.75, 3.05) is 11.6 Å². The second-order valence-electron chi connectivity index (χ2n) is 4.18. The Morgan fingerprint density at radius 3 is 2.88 bits per heavy atom. The number of amides is 1. The molecule has 2 N–H and O–H groups in total. The lowest BCUT2D eigenvalue weighted by molar-refractivity contribution is -0.122.